The molecule has 21 heavy (non-hydrogen) atoms. The third kappa shape index (κ3) is 14.5. The Morgan fingerprint density at radius 3 is 1.81 bits per heavy atom. The lowest BCUT2D eigenvalue weighted by Gasteiger charge is -2.17. The average molecular weight is 305 g/mol. The fourth-order valence-electron chi connectivity index (χ4n) is 1.26. The molecule has 0 saturated heterocycles. The summed E-state index contributed by atoms with van der Waals surface area (Å²) in [6.45, 7) is 5.63. The van der Waals surface area contributed by atoms with E-state index in [1.165, 1.54) is 21.1 Å². The monoisotopic (exact) mass is 305 g/mol. The number of hydrogen-bond donors (Lipinski definition) is 3. The van der Waals surface area contributed by atoms with E-state index in [2.05, 4.69) is 16.0 Å². The minimum Gasteiger partial charge on any atom is -0.382 e. The van der Waals surface area contributed by atoms with Crippen molar-refractivity contribution in [3.63, 3.8) is 0 Å². The van der Waals surface area contributed by atoms with Gasteiger partial charge in [0, 0.05) is 21.1 Å². The molecule has 0 spiro atoms. The first-order chi connectivity index (χ1) is 9.99. The Bertz CT molecular complexity index is 304. The summed E-state index contributed by atoms with van der Waals surface area (Å²) >= 11 is 0. The molecule has 0 unspecified atom stereocenters. The van der Waals surface area contributed by atoms with E-state index in [4.69, 9.17) is 9.47 Å². The van der Waals surface area contributed by atoms with E-state index in [0.717, 1.165) is 0 Å². The highest BCUT2D eigenvalue weighted by Gasteiger charge is 2.12. The molecule has 0 fully saturated rings. The van der Waals surface area contributed by atoms with E-state index in [9.17, 15) is 14.4 Å². The molecule has 124 valence electrons. The standard InChI is InChI=1S/C11H21N3O5.C2H6/c1-8(15)12-4-10(16)13-5-11(17)14-9(6-18-2)7-19-3;1-2/h9H,4-7H2,1-3H3,(H,12,15)(H,13,16)(H,14,17);1-2H3. The average Bonchev–Trinajstić information content (AvgIpc) is 2.45. The van der Waals surface area contributed by atoms with Gasteiger partial charge >= 0.3 is 0 Å². The van der Waals surface area contributed by atoms with Crippen LogP contribution in [0.5, 0.6) is 0 Å². The molecule has 0 aromatic heterocycles. The molecule has 0 aliphatic heterocycles. The Hall–Kier alpha value is -1.67. The van der Waals surface area contributed by atoms with Gasteiger partial charge in [0.25, 0.3) is 0 Å². The minimum absolute atomic E-state index is 0.151. The van der Waals surface area contributed by atoms with Gasteiger partial charge in [-0.05, 0) is 0 Å². The normalized spacial score (nSPS) is 9.43. The maximum absolute atomic E-state index is 11.5. The van der Waals surface area contributed by atoms with E-state index < -0.39 is 5.91 Å². The van der Waals surface area contributed by atoms with Gasteiger partial charge in [0.1, 0.15) is 0 Å². The van der Waals surface area contributed by atoms with E-state index >= 15 is 0 Å². The van der Waals surface area contributed by atoms with Crippen LogP contribution in [0.2, 0.25) is 0 Å². The van der Waals surface area contributed by atoms with Gasteiger partial charge in [-0.2, -0.15) is 0 Å². The van der Waals surface area contributed by atoms with Gasteiger partial charge in [-0.1, -0.05) is 13.8 Å². The smallest absolute Gasteiger partial charge is 0.239 e. The number of amides is 3. The topological polar surface area (TPSA) is 106 Å². The molecular weight excluding hydrogens is 278 g/mol. The van der Waals surface area contributed by atoms with Gasteiger partial charge < -0.3 is 25.4 Å². The van der Waals surface area contributed by atoms with Crippen LogP contribution in [-0.2, 0) is 23.9 Å². The summed E-state index contributed by atoms with van der Waals surface area (Å²) in [5, 5.41) is 7.36. The number of hydrogen-bond acceptors (Lipinski definition) is 5. The number of carbonyl (C=O) groups excluding carboxylic acids is 3. The minimum atomic E-state index is -0.430. The highest BCUT2D eigenvalue weighted by atomic mass is 16.5. The van der Waals surface area contributed by atoms with Gasteiger partial charge in [0.15, 0.2) is 0 Å². The maximum atomic E-state index is 11.5. The highest BCUT2D eigenvalue weighted by Crippen LogP contribution is 1.86. The highest BCUT2D eigenvalue weighted by molar-refractivity contribution is 5.87. The fraction of sp³-hybridized carbons (Fsp3) is 0.769. The summed E-state index contributed by atoms with van der Waals surface area (Å²) in [4.78, 5) is 33.3. The molecule has 3 N–H and O–H groups in total. The zero-order valence-corrected chi connectivity index (χ0v) is 13.4. The first-order valence-corrected chi connectivity index (χ1v) is 6.78. The number of carbonyl (C=O) groups is 3. The van der Waals surface area contributed by atoms with Crippen LogP contribution >= 0.6 is 0 Å². The Kier molecular flexibility index (Phi) is 15.2. The molecule has 8 heteroatoms. The summed E-state index contributed by atoms with van der Waals surface area (Å²) < 4.78 is 9.84. The van der Waals surface area contributed by atoms with Crippen LogP contribution in [0.15, 0.2) is 0 Å². The second-order valence-corrected chi connectivity index (χ2v) is 3.86. The molecular formula is C13H27N3O5. The molecule has 8 nitrogen and oxygen atoms in total. The van der Waals surface area contributed by atoms with Crippen molar-refractivity contribution in [2.45, 2.75) is 26.8 Å². The summed E-state index contributed by atoms with van der Waals surface area (Å²) in [7, 11) is 3.04. The molecule has 0 saturated carbocycles. The molecule has 0 aromatic carbocycles. The Morgan fingerprint density at radius 2 is 1.38 bits per heavy atom. The Balaban J connectivity index is 0. The number of nitrogens with one attached hydrogen (secondary N) is 3. The van der Waals surface area contributed by atoms with Crippen LogP contribution < -0.4 is 16.0 Å². The first-order valence-electron chi connectivity index (χ1n) is 6.78. The molecule has 0 radical (unpaired) electrons. The van der Waals surface area contributed by atoms with Crippen molar-refractivity contribution in [3.8, 4) is 0 Å². The molecule has 3 amide bonds. The molecule has 0 aliphatic rings. The maximum Gasteiger partial charge on any atom is 0.239 e. The van der Waals surface area contributed by atoms with E-state index in [0.29, 0.717) is 13.2 Å². The second kappa shape index (κ2) is 14.7. The number of methoxy groups -OCH3 is 2. The summed E-state index contributed by atoms with van der Waals surface area (Å²) in [5.41, 5.74) is 0. The van der Waals surface area contributed by atoms with Crippen molar-refractivity contribution in [2.24, 2.45) is 0 Å². The molecule has 0 aromatic rings. The van der Waals surface area contributed by atoms with Crippen molar-refractivity contribution in [2.75, 3.05) is 40.5 Å². The lowest BCUT2D eigenvalue weighted by atomic mass is 10.3. The van der Waals surface area contributed by atoms with Crippen LogP contribution in [-0.4, -0.2) is 64.3 Å². The van der Waals surface area contributed by atoms with Crippen LogP contribution in [0.25, 0.3) is 0 Å². The summed E-state index contributed by atoms with van der Waals surface area (Å²) in [6, 6.07) is -0.269. The largest absolute Gasteiger partial charge is 0.382 e. The molecule has 0 heterocycles. The molecule has 0 bridgehead atoms. The number of ether oxygens (including phenoxy) is 2. The van der Waals surface area contributed by atoms with E-state index in [1.807, 2.05) is 13.8 Å². The SMILES string of the molecule is CC.COCC(COC)NC(=O)CNC(=O)CNC(C)=O. The molecule has 0 rings (SSSR count). The van der Waals surface area contributed by atoms with Crippen LogP contribution in [0.1, 0.15) is 20.8 Å². The second-order valence-electron chi connectivity index (χ2n) is 3.86. The predicted octanol–water partition coefficient (Wildman–Crippen LogP) is -0.957. The van der Waals surface area contributed by atoms with Crippen LogP contribution in [0, 0.1) is 0 Å². The lowest BCUT2D eigenvalue weighted by Crippen LogP contribution is -2.47. The van der Waals surface area contributed by atoms with Crippen molar-refractivity contribution in [1.82, 2.24) is 16.0 Å². The zero-order chi connectivity index (χ0) is 16.7. The summed E-state index contributed by atoms with van der Waals surface area (Å²) in [6.07, 6.45) is 0. The molecule has 0 atom stereocenters. The first kappa shape index (κ1) is 21.6. The van der Waals surface area contributed by atoms with Gasteiger partial charge in [0.05, 0.1) is 32.3 Å². The van der Waals surface area contributed by atoms with Gasteiger partial charge in [-0.3, -0.25) is 14.4 Å². The van der Waals surface area contributed by atoms with Gasteiger partial charge in [-0.25, -0.2) is 0 Å². The van der Waals surface area contributed by atoms with E-state index in [1.54, 1.807) is 0 Å². The Labute approximate surface area is 125 Å². The van der Waals surface area contributed by atoms with Crippen LogP contribution in [0.4, 0.5) is 0 Å². The van der Waals surface area contributed by atoms with Gasteiger partial charge in [0.2, 0.25) is 17.7 Å². The van der Waals surface area contributed by atoms with Gasteiger partial charge in [-0.15, -0.1) is 0 Å². The number of rotatable bonds is 9. The lowest BCUT2D eigenvalue weighted by molar-refractivity contribution is -0.127. The van der Waals surface area contributed by atoms with Crippen molar-refractivity contribution in [3.05, 3.63) is 0 Å². The van der Waals surface area contributed by atoms with Crippen molar-refractivity contribution >= 4 is 17.7 Å². The quantitative estimate of drug-likeness (QED) is 0.509. The van der Waals surface area contributed by atoms with Crippen LogP contribution in [0.3, 0.4) is 0 Å². The van der Waals surface area contributed by atoms with Crippen molar-refractivity contribution < 1.29 is 23.9 Å². The van der Waals surface area contributed by atoms with Crippen molar-refractivity contribution in [1.29, 1.82) is 0 Å². The Morgan fingerprint density at radius 1 is 0.905 bits per heavy atom. The fourth-order valence-corrected chi connectivity index (χ4v) is 1.26. The third-order valence-corrected chi connectivity index (χ3v) is 2.04. The molecule has 0 aliphatic carbocycles. The van der Waals surface area contributed by atoms with E-state index in [-0.39, 0.29) is 30.9 Å². The summed E-state index contributed by atoms with van der Waals surface area (Å²) in [5.74, 6) is -1.09. The predicted molar refractivity (Wildman–Crippen MR) is 78.7 cm³/mol. The zero-order valence-electron chi connectivity index (χ0n) is 13.4. The third-order valence-electron chi connectivity index (χ3n) is 2.04.